The number of hydrogen-bond donors (Lipinski definition) is 2. The van der Waals surface area contributed by atoms with Crippen molar-refractivity contribution in [3.63, 3.8) is 0 Å². The zero-order valence-corrected chi connectivity index (χ0v) is 12.3. The first-order valence-corrected chi connectivity index (χ1v) is 7.37. The molecule has 1 aliphatic carbocycles. The van der Waals surface area contributed by atoms with E-state index in [0.29, 0.717) is 34.8 Å². The molecule has 3 rings (SSSR count). The van der Waals surface area contributed by atoms with Crippen molar-refractivity contribution in [1.29, 1.82) is 0 Å². The van der Waals surface area contributed by atoms with Crippen molar-refractivity contribution >= 4 is 17.0 Å². The molecule has 6 heteroatoms. The number of nitrogens with two attached hydrogens (primary N) is 1. The van der Waals surface area contributed by atoms with Gasteiger partial charge in [0.15, 0.2) is 0 Å². The molecule has 0 aliphatic heterocycles. The fourth-order valence-electron chi connectivity index (χ4n) is 2.39. The minimum Gasteiger partial charge on any atom is -0.352 e. The highest BCUT2D eigenvalue weighted by atomic mass is 16.5. The van der Waals surface area contributed by atoms with Crippen LogP contribution < -0.4 is 11.1 Å². The van der Waals surface area contributed by atoms with Crippen LogP contribution in [-0.2, 0) is 0 Å². The number of hydrogen-bond acceptors (Lipinski definition) is 5. The maximum Gasteiger partial charge on any atom is 0.259 e. The van der Waals surface area contributed by atoms with Crippen LogP contribution in [0.1, 0.15) is 53.8 Å². The van der Waals surface area contributed by atoms with Gasteiger partial charge in [-0.1, -0.05) is 5.16 Å². The average Bonchev–Trinajstić information content (AvgIpc) is 3.22. The Balaban J connectivity index is 1.91. The molecule has 112 valence electrons. The highest BCUT2D eigenvalue weighted by Gasteiger charge is 2.28. The molecule has 0 spiro atoms. The summed E-state index contributed by atoms with van der Waals surface area (Å²) in [5, 5.41) is 7.55. The minimum atomic E-state index is -0.115. The van der Waals surface area contributed by atoms with Crippen molar-refractivity contribution in [2.75, 3.05) is 6.54 Å². The number of nitrogens with zero attached hydrogens (tertiary/aromatic N) is 2. The van der Waals surface area contributed by atoms with Gasteiger partial charge in [-0.05, 0) is 39.2 Å². The van der Waals surface area contributed by atoms with E-state index in [1.54, 1.807) is 0 Å². The fourth-order valence-corrected chi connectivity index (χ4v) is 2.39. The number of rotatable bonds is 5. The Morgan fingerprint density at radius 1 is 1.57 bits per heavy atom. The summed E-state index contributed by atoms with van der Waals surface area (Å²) in [5.74, 6) is 0.340. The van der Waals surface area contributed by atoms with Gasteiger partial charge < -0.3 is 15.6 Å². The number of aromatic nitrogens is 2. The summed E-state index contributed by atoms with van der Waals surface area (Å²) < 4.78 is 5.24. The van der Waals surface area contributed by atoms with Crippen LogP contribution in [0.4, 0.5) is 0 Å². The summed E-state index contributed by atoms with van der Waals surface area (Å²) in [6.07, 6.45) is 2.99. The van der Waals surface area contributed by atoms with Gasteiger partial charge in [-0.3, -0.25) is 4.79 Å². The third-order valence-corrected chi connectivity index (χ3v) is 3.76. The maximum atomic E-state index is 12.4. The third kappa shape index (κ3) is 2.90. The Bertz CT molecular complexity index is 674. The molecule has 1 saturated carbocycles. The van der Waals surface area contributed by atoms with Crippen molar-refractivity contribution in [3.05, 3.63) is 23.0 Å². The summed E-state index contributed by atoms with van der Waals surface area (Å²) in [5.41, 5.74) is 8.38. The van der Waals surface area contributed by atoms with Gasteiger partial charge in [-0.25, -0.2) is 4.98 Å². The van der Waals surface area contributed by atoms with Gasteiger partial charge in [-0.15, -0.1) is 0 Å². The number of aryl methyl sites for hydroxylation is 1. The van der Waals surface area contributed by atoms with E-state index in [4.69, 9.17) is 10.3 Å². The summed E-state index contributed by atoms with van der Waals surface area (Å²) in [6.45, 7) is 4.30. The van der Waals surface area contributed by atoms with Crippen LogP contribution in [0.5, 0.6) is 0 Å². The minimum absolute atomic E-state index is 0.0714. The zero-order valence-electron chi connectivity index (χ0n) is 12.3. The maximum absolute atomic E-state index is 12.4. The molecule has 2 aromatic rings. The third-order valence-electron chi connectivity index (χ3n) is 3.76. The molecule has 0 radical (unpaired) electrons. The second-order valence-corrected chi connectivity index (χ2v) is 5.84. The monoisotopic (exact) mass is 288 g/mol. The first-order valence-electron chi connectivity index (χ1n) is 7.37. The summed E-state index contributed by atoms with van der Waals surface area (Å²) in [6, 6.07) is 1.95. The Kier molecular flexibility index (Phi) is 3.63. The molecule has 1 unspecified atom stereocenters. The number of fused-ring (bicyclic) bond motifs is 1. The van der Waals surface area contributed by atoms with E-state index >= 15 is 0 Å². The lowest BCUT2D eigenvalue weighted by Crippen LogP contribution is -2.29. The predicted octanol–water partition coefficient (Wildman–Crippen LogP) is 1.88. The molecular formula is C15H20N4O2. The van der Waals surface area contributed by atoms with E-state index in [-0.39, 0.29) is 11.9 Å². The Morgan fingerprint density at radius 3 is 3.00 bits per heavy atom. The van der Waals surface area contributed by atoms with Crippen molar-refractivity contribution in [3.8, 4) is 0 Å². The van der Waals surface area contributed by atoms with E-state index in [0.717, 1.165) is 25.0 Å². The molecule has 1 amide bonds. The molecule has 0 aromatic carbocycles. The van der Waals surface area contributed by atoms with Gasteiger partial charge in [0.05, 0.1) is 16.6 Å². The standard InChI is InChI=1S/C15H20N4O2/c1-8(16)5-6-17-14(20)11-7-12(10-3-4-10)18-15-13(11)9(2)19-21-15/h7-8,10H,3-6,16H2,1-2H3,(H,17,20). The molecule has 1 fully saturated rings. The number of carbonyl (C=O) groups is 1. The quantitative estimate of drug-likeness (QED) is 0.876. The second kappa shape index (κ2) is 5.44. The normalized spacial score (nSPS) is 16.1. The Morgan fingerprint density at radius 2 is 2.33 bits per heavy atom. The van der Waals surface area contributed by atoms with Crippen molar-refractivity contribution in [2.45, 2.75) is 45.1 Å². The molecule has 1 atom stereocenters. The van der Waals surface area contributed by atoms with E-state index in [1.807, 2.05) is 19.9 Å². The highest BCUT2D eigenvalue weighted by Crippen LogP contribution is 2.40. The van der Waals surface area contributed by atoms with Gasteiger partial charge in [0.2, 0.25) is 0 Å². The molecule has 2 aromatic heterocycles. The first-order chi connectivity index (χ1) is 10.1. The van der Waals surface area contributed by atoms with Crippen LogP contribution in [-0.4, -0.2) is 28.6 Å². The van der Waals surface area contributed by atoms with Crippen LogP contribution in [0.15, 0.2) is 10.6 Å². The lowest BCUT2D eigenvalue weighted by molar-refractivity contribution is 0.0954. The van der Waals surface area contributed by atoms with Crippen LogP contribution in [0.25, 0.3) is 11.1 Å². The molecule has 6 nitrogen and oxygen atoms in total. The van der Waals surface area contributed by atoms with Crippen LogP contribution in [0.2, 0.25) is 0 Å². The topological polar surface area (TPSA) is 94.0 Å². The SMILES string of the molecule is Cc1noc2nc(C3CC3)cc(C(=O)NCCC(C)N)c12. The molecule has 3 N–H and O–H groups in total. The summed E-state index contributed by atoms with van der Waals surface area (Å²) in [7, 11) is 0. The fraction of sp³-hybridized carbons (Fsp3) is 0.533. The average molecular weight is 288 g/mol. The Labute approximate surface area is 123 Å². The van der Waals surface area contributed by atoms with Gasteiger partial charge in [0.25, 0.3) is 11.6 Å². The zero-order chi connectivity index (χ0) is 15.0. The Hall–Kier alpha value is -1.95. The van der Waals surface area contributed by atoms with Crippen molar-refractivity contribution in [1.82, 2.24) is 15.5 Å². The van der Waals surface area contributed by atoms with E-state index in [2.05, 4.69) is 15.5 Å². The van der Waals surface area contributed by atoms with Crippen LogP contribution >= 0.6 is 0 Å². The van der Waals surface area contributed by atoms with Gasteiger partial charge in [-0.2, -0.15) is 0 Å². The van der Waals surface area contributed by atoms with Crippen LogP contribution in [0, 0.1) is 6.92 Å². The number of pyridine rings is 1. The number of carbonyl (C=O) groups excluding carboxylic acids is 1. The molecule has 0 saturated heterocycles. The predicted molar refractivity (Wildman–Crippen MR) is 79.1 cm³/mol. The van der Waals surface area contributed by atoms with Crippen LogP contribution in [0.3, 0.4) is 0 Å². The smallest absolute Gasteiger partial charge is 0.259 e. The molecule has 1 aliphatic rings. The van der Waals surface area contributed by atoms with E-state index in [9.17, 15) is 4.79 Å². The summed E-state index contributed by atoms with van der Waals surface area (Å²) >= 11 is 0. The second-order valence-electron chi connectivity index (χ2n) is 5.84. The van der Waals surface area contributed by atoms with Crippen molar-refractivity contribution < 1.29 is 9.32 Å². The number of nitrogens with one attached hydrogen (secondary N) is 1. The molecule has 0 bridgehead atoms. The largest absolute Gasteiger partial charge is 0.352 e. The van der Waals surface area contributed by atoms with Crippen molar-refractivity contribution in [2.24, 2.45) is 5.73 Å². The first kappa shape index (κ1) is 14.0. The molecule has 21 heavy (non-hydrogen) atoms. The number of amides is 1. The van der Waals surface area contributed by atoms with Gasteiger partial charge >= 0.3 is 0 Å². The lowest BCUT2D eigenvalue weighted by Gasteiger charge is -2.09. The van der Waals surface area contributed by atoms with E-state index < -0.39 is 0 Å². The lowest BCUT2D eigenvalue weighted by atomic mass is 10.1. The molecular weight excluding hydrogens is 268 g/mol. The summed E-state index contributed by atoms with van der Waals surface area (Å²) in [4.78, 5) is 16.9. The highest BCUT2D eigenvalue weighted by molar-refractivity contribution is 6.06. The van der Waals surface area contributed by atoms with E-state index in [1.165, 1.54) is 0 Å². The molecule has 2 heterocycles. The van der Waals surface area contributed by atoms with Gasteiger partial charge in [0.1, 0.15) is 0 Å². The van der Waals surface area contributed by atoms with Gasteiger partial charge in [0, 0.05) is 24.2 Å².